The second-order valence-corrected chi connectivity index (χ2v) is 25.6. The molecule has 1 saturated heterocycles. The van der Waals surface area contributed by atoms with Gasteiger partial charge in [-0.15, -0.1) is 0 Å². The summed E-state index contributed by atoms with van der Waals surface area (Å²) in [5.41, 5.74) is 7.18. The van der Waals surface area contributed by atoms with Crippen molar-refractivity contribution in [1.29, 1.82) is 0 Å². The lowest BCUT2D eigenvalue weighted by Crippen LogP contribution is -2.45. The number of pyridine rings is 3. The number of alkyl carbamates (subject to hydrolysis) is 1. The maximum absolute atomic E-state index is 13.4. The lowest BCUT2D eigenvalue weighted by molar-refractivity contribution is -0.142. The van der Waals surface area contributed by atoms with Gasteiger partial charge in [-0.25, -0.2) is 24.5 Å². The van der Waals surface area contributed by atoms with E-state index in [9.17, 15) is 23.3 Å². The number of methoxy groups -OCH3 is 3. The van der Waals surface area contributed by atoms with Crippen molar-refractivity contribution >= 4 is 51.8 Å². The van der Waals surface area contributed by atoms with Gasteiger partial charge in [0, 0.05) is 117 Å². The van der Waals surface area contributed by atoms with Crippen molar-refractivity contribution in [3.63, 3.8) is 0 Å². The van der Waals surface area contributed by atoms with Gasteiger partial charge in [-0.3, -0.25) is 14.7 Å². The van der Waals surface area contributed by atoms with Crippen LogP contribution in [0.5, 0.6) is 17.2 Å². The van der Waals surface area contributed by atoms with Crippen molar-refractivity contribution in [2.75, 3.05) is 87.2 Å². The Bertz CT molecular complexity index is 3540. The smallest absolute Gasteiger partial charge is 0.407 e. The highest BCUT2D eigenvalue weighted by Crippen LogP contribution is 2.23. The predicted molar refractivity (Wildman–Crippen MR) is 333 cm³/mol. The first-order valence-corrected chi connectivity index (χ1v) is 33.0. The van der Waals surface area contributed by atoms with E-state index in [1.54, 1.807) is 76.7 Å². The number of aromatic nitrogens is 3. The number of hydrogen-bond acceptors (Lipinski definition) is 16. The van der Waals surface area contributed by atoms with Crippen LogP contribution >= 0.6 is 23.4 Å². The van der Waals surface area contributed by atoms with E-state index >= 15 is 0 Å². The van der Waals surface area contributed by atoms with Crippen LogP contribution in [0.25, 0.3) is 0 Å². The molecule has 4 heterocycles. The highest BCUT2D eigenvalue weighted by atomic mass is 31.1. The topological polar surface area (TPSA) is 192 Å². The van der Waals surface area contributed by atoms with E-state index in [0.29, 0.717) is 121 Å². The monoisotopic (exact) mass is 1200 g/mol. The van der Waals surface area contributed by atoms with Crippen molar-refractivity contribution in [1.82, 2.24) is 35.0 Å². The van der Waals surface area contributed by atoms with Gasteiger partial charge in [-0.2, -0.15) is 0 Å². The molecule has 17 nitrogen and oxygen atoms in total. The minimum atomic E-state index is -1.86. The van der Waals surface area contributed by atoms with Crippen LogP contribution in [-0.4, -0.2) is 141 Å². The van der Waals surface area contributed by atoms with Crippen LogP contribution in [0.4, 0.5) is 4.79 Å². The summed E-state index contributed by atoms with van der Waals surface area (Å²) in [6, 6.07) is 33.2. The third-order valence-corrected chi connectivity index (χ3v) is 16.0. The van der Waals surface area contributed by atoms with E-state index < -0.39 is 41.1 Å². The molecule has 0 radical (unpaired) electrons. The molecule has 1 aliphatic heterocycles. The molecule has 3 unspecified atom stereocenters. The molecule has 0 spiro atoms. The van der Waals surface area contributed by atoms with Crippen LogP contribution in [0.3, 0.4) is 0 Å². The number of carbonyl (C=O) groups excluding carboxylic acids is 2. The van der Waals surface area contributed by atoms with E-state index in [1.165, 1.54) is 7.11 Å². The largest absolute Gasteiger partial charge is 0.497 e. The van der Waals surface area contributed by atoms with Crippen LogP contribution in [0, 0.1) is 35.5 Å². The van der Waals surface area contributed by atoms with Gasteiger partial charge in [-0.05, 0) is 125 Å². The third kappa shape index (κ3) is 21.6. The van der Waals surface area contributed by atoms with Crippen molar-refractivity contribution < 1.29 is 47.0 Å². The van der Waals surface area contributed by atoms with E-state index in [4.69, 9.17) is 38.6 Å². The Morgan fingerprint density at radius 3 is 1.40 bits per heavy atom. The maximum Gasteiger partial charge on any atom is 0.407 e. The highest BCUT2D eigenvalue weighted by Gasteiger charge is 2.29. The summed E-state index contributed by atoms with van der Waals surface area (Å²) in [5.74, 6) is 21.0. The Labute approximate surface area is 502 Å². The van der Waals surface area contributed by atoms with Gasteiger partial charge >= 0.3 is 35.5 Å². The number of nitrogens with one attached hydrogen (secondary N) is 1. The molecular formula is C65H73N7O10P3+3. The number of ether oxygens (including phenoxy) is 5. The molecule has 0 aliphatic carbocycles. The predicted octanol–water partition coefficient (Wildman–Crippen LogP) is 8.77. The summed E-state index contributed by atoms with van der Waals surface area (Å²) >= 11 is 0. The fourth-order valence-corrected chi connectivity index (χ4v) is 10.9. The molecule has 440 valence electrons. The Hall–Kier alpha value is -7.89. The summed E-state index contributed by atoms with van der Waals surface area (Å²) in [7, 11) is -0.946. The first-order chi connectivity index (χ1) is 40.8. The van der Waals surface area contributed by atoms with Gasteiger partial charge in [0.2, 0.25) is 0 Å². The zero-order chi connectivity index (χ0) is 60.9. The van der Waals surface area contributed by atoms with Crippen LogP contribution < -0.4 is 35.8 Å². The molecule has 1 aliphatic rings. The zero-order valence-electron chi connectivity index (χ0n) is 49.8. The number of nitrogens with zero attached hydrogens (tertiary/aromatic N) is 6. The fraction of sp³-hybridized carbons (Fsp3) is 0.369. The molecule has 20 heteroatoms. The molecule has 1 N–H and O–H groups in total. The lowest BCUT2D eigenvalue weighted by atomic mass is 10.1. The van der Waals surface area contributed by atoms with Crippen molar-refractivity contribution in [3.05, 3.63) is 160 Å². The van der Waals surface area contributed by atoms with E-state index in [2.05, 4.69) is 55.5 Å². The van der Waals surface area contributed by atoms with Crippen molar-refractivity contribution in [2.24, 2.45) is 0 Å². The number of hydrogen-bond donors (Lipinski definition) is 1. The van der Waals surface area contributed by atoms with Gasteiger partial charge in [-0.1, -0.05) is 55.6 Å². The first kappa shape index (κ1) is 64.7. The van der Waals surface area contributed by atoms with Gasteiger partial charge in [0.1, 0.15) is 42.8 Å². The molecule has 7 rings (SSSR count). The van der Waals surface area contributed by atoms with Crippen LogP contribution in [-0.2, 0) is 47.6 Å². The molecule has 6 aromatic rings. The molecule has 3 aromatic heterocycles. The fourth-order valence-electron chi connectivity index (χ4n) is 9.09. The summed E-state index contributed by atoms with van der Waals surface area (Å²) in [6.45, 7) is 14.9. The number of esters is 1. The number of benzene rings is 3. The average Bonchev–Trinajstić information content (AvgIpc) is 3.75. The van der Waals surface area contributed by atoms with Gasteiger partial charge in [0.05, 0.1) is 38.4 Å². The number of rotatable bonds is 19. The van der Waals surface area contributed by atoms with Crippen LogP contribution in [0.1, 0.15) is 90.5 Å². The molecule has 0 bridgehead atoms. The maximum atomic E-state index is 13.4. The number of unbranched alkanes of at least 4 members (excludes halogenated alkanes) is 1. The quantitative estimate of drug-likeness (QED) is 0.0350. The minimum absolute atomic E-state index is 0.0810. The number of amides is 1. The average molecular weight is 1210 g/mol. The molecule has 1 amide bonds. The Morgan fingerprint density at radius 2 is 0.965 bits per heavy atom. The second-order valence-electron chi connectivity index (χ2n) is 21.3. The molecular weight excluding hydrogens is 1130 g/mol. The van der Waals surface area contributed by atoms with Crippen LogP contribution in [0.2, 0.25) is 0 Å². The standard InChI is InChI=1S/C65H72N7O10P3/c1-65(2,3)82-64(74)66-31-11-10-12-56-45-71(43-54-37-51(40-61(68-54)84(8)76)17-14-48-21-27-58(79-5)28-22-48)33-32-70(42-53-36-50(39-60(67-53)83(7)75)16-13-47-19-25-57(78-4)26-20-47)34-35-72(56)44-55-38-52(41-62(69-55)85(9)77)18-15-49-23-29-59(30-24-49)81-46-63(73)80-6/h19-30,36-41,56H,10-12,31-35,42-46H2,1-9H3/q+2/p+1/t56-/m0/s1. The SMILES string of the molecule is COC(=O)COc1ccc(C#Cc2cc(CN3CCN(Cc4cc(C#Cc5ccc(OC)cc5)cc([P+](C)=O)n4)CCN(Cc4cc(C#Cc5ccc(OC)cc5)cc([P+](C)=O)n4)C[C@@H]3CCCCNC(=O)OC(C)(C)C)nc([P+](C)=O)c2)cc1. The zero-order valence-corrected chi connectivity index (χ0v) is 52.5. The van der Waals surface area contributed by atoms with Crippen molar-refractivity contribution in [3.8, 4) is 52.8 Å². The highest BCUT2D eigenvalue weighted by molar-refractivity contribution is 7.52. The minimum Gasteiger partial charge on any atom is -0.497 e. The van der Waals surface area contributed by atoms with E-state index in [0.717, 1.165) is 41.2 Å². The number of carbonyl (C=O) groups is 2. The first-order valence-electron chi connectivity index (χ1n) is 27.8. The van der Waals surface area contributed by atoms with Crippen molar-refractivity contribution in [2.45, 2.75) is 71.3 Å². The van der Waals surface area contributed by atoms with E-state index in [1.807, 2.05) is 87.5 Å². The molecule has 85 heavy (non-hydrogen) atoms. The normalized spacial score (nSPS) is 14.4. The summed E-state index contributed by atoms with van der Waals surface area (Å²) in [5, 5.41) is 2.92. The second kappa shape index (κ2) is 31.8. The van der Waals surface area contributed by atoms with Gasteiger partial charge in [0.15, 0.2) is 6.61 Å². The Morgan fingerprint density at radius 1 is 0.553 bits per heavy atom. The van der Waals surface area contributed by atoms with E-state index in [-0.39, 0.29) is 12.6 Å². The molecule has 4 atom stereocenters. The summed E-state index contributed by atoms with van der Waals surface area (Å²) in [4.78, 5) is 46.4. The summed E-state index contributed by atoms with van der Waals surface area (Å²) < 4.78 is 66.3. The van der Waals surface area contributed by atoms with Crippen LogP contribution in [0.15, 0.2) is 109 Å². The molecule has 1 fully saturated rings. The molecule has 3 aromatic carbocycles. The van der Waals surface area contributed by atoms with Gasteiger partial charge < -0.3 is 29.0 Å². The lowest BCUT2D eigenvalue weighted by Gasteiger charge is -2.34. The summed E-state index contributed by atoms with van der Waals surface area (Å²) in [6.07, 6.45) is 1.71. The van der Waals surface area contributed by atoms with Gasteiger partial charge in [0.25, 0.3) is 16.3 Å². The third-order valence-electron chi connectivity index (χ3n) is 13.4. The molecule has 0 saturated carbocycles. The Kier molecular flexibility index (Phi) is 24.2. The Balaban J connectivity index is 1.26.